The topological polar surface area (TPSA) is 120 Å². The first-order chi connectivity index (χ1) is 17.5. The summed E-state index contributed by atoms with van der Waals surface area (Å²) in [5.74, 6) is -0.124. The van der Waals surface area contributed by atoms with E-state index in [-0.39, 0.29) is 30.3 Å². The number of ether oxygens (including phenoxy) is 1. The van der Waals surface area contributed by atoms with Crippen LogP contribution in [0.3, 0.4) is 0 Å². The highest BCUT2D eigenvalue weighted by Crippen LogP contribution is 2.41. The van der Waals surface area contributed by atoms with Gasteiger partial charge in [0.05, 0.1) is 36.3 Å². The highest BCUT2D eigenvalue weighted by atomic mass is 16.5. The standard InChI is InChI=1S/C28H40N4O5/c1-7-12-29-17-36-16-20-8-10-21(11-9-20)19(3)30-26(34)23-14-22(33)15-32(23)27(35)25(28(4,5)6)24-13-18(2)31-37-24/h7-11,13,17,19,22-23,25,27,33,35H,1,12,14-16H2,2-6H3,(H,30,34)/b29-17-/t19-,22+,23-,25+,27?/m0/s1. The minimum Gasteiger partial charge on any atom is -0.479 e. The Morgan fingerprint density at radius 1 is 1.38 bits per heavy atom. The average molecular weight is 513 g/mol. The van der Waals surface area contributed by atoms with Gasteiger partial charge in [0.2, 0.25) is 5.91 Å². The van der Waals surface area contributed by atoms with E-state index in [1.54, 1.807) is 11.0 Å². The first kappa shape index (κ1) is 28.6. The molecule has 1 fully saturated rings. The van der Waals surface area contributed by atoms with Gasteiger partial charge in [0.15, 0.2) is 6.40 Å². The number of hydrogen-bond donors (Lipinski definition) is 3. The molecule has 1 aliphatic heterocycles. The van der Waals surface area contributed by atoms with Crippen molar-refractivity contribution in [2.75, 3.05) is 13.1 Å². The Kier molecular flexibility index (Phi) is 9.64. The van der Waals surface area contributed by atoms with Crippen LogP contribution in [0.4, 0.5) is 0 Å². The summed E-state index contributed by atoms with van der Waals surface area (Å²) in [5, 5.41) is 28.9. The number of nitrogens with zero attached hydrogens (tertiary/aromatic N) is 3. The molecule has 1 saturated heterocycles. The lowest BCUT2D eigenvalue weighted by molar-refractivity contribution is -0.132. The van der Waals surface area contributed by atoms with Crippen LogP contribution in [0.15, 0.2) is 52.5 Å². The molecule has 0 spiro atoms. The number of amides is 1. The molecule has 1 unspecified atom stereocenters. The van der Waals surface area contributed by atoms with Crippen molar-refractivity contribution in [1.29, 1.82) is 0 Å². The monoisotopic (exact) mass is 512 g/mol. The molecule has 5 atom stereocenters. The molecular formula is C28H40N4O5. The molecule has 3 N–H and O–H groups in total. The zero-order valence-electron chi connectivity index (χ0n) is 22.4. The Balaban J connectivity index is 1.67. The van der Waals surface area contributed by atoms with E-state index in [1.807, 2.05) is 65.0 Å². The van der Waals surface area contributed by atoms with Gasteiger partial charge in [-0.05, 0) is 36.8 Å². The Hall–Kier alpha value is -3.01. The number of β-amino-alcohol motifs (C(OH)–C–C–N with tert-alkyl or cyclic N) is 1. The van der Waals surface area contributed by atoms with E-state index >= 15 is 0 Å². The zero-order valence-corrected chi connectivity index (χ0v) is 22.4. The second kappa shape index (κ2) is 12.5. The van der Waals surface area contributed by atoms with Crippen LogP contribution >= 0.6 is 0 Å². The Morgan fingerprint density at radius 3 is 2.68 bits per heavy atom. The molecule has 2 heterocycles. The minimum atomic E-state index is -1.04. The van der Waals surface area contributed by atoms with Crippen LogP contribution in [-0.4, -0.2) is 64.0 Å². The lowest BCUT2D eigenvalue weighted by atomic mass is 9.77. The lowest BCUT2D eigenvalue weighted by Gasteiger charge is -2.39. The number of benzene rings is 1. The van der Waals surface area contributed by atoms with Gasteiger partial charge in [-0.25, -0.2) is 0 Å². The molecule has 0 bridgehead atoms. The Bertz CT molecular complexity index is 1060. The highest BCUT2D eigenvalue weighted by molar-refractivity contribution is 5.82. The van der Waals surface area contributed by atoms with Crippen molar-refractivity contribution in [3.8, 4) is 0 Å². The van der Waals surface area contributed by atoms with Crippen molar-refractivity contribution in [1.82, 2.24) is 15.4 Å². The van der Waals surface area contributed by atoms with E-state index in [1.165, 1.54) is 6.40 Å². The molecule has 0 saturated carbocycles. The van der Waals surface area contributed by atoms with Gasteiger partial charge in [0.25, 0.3) is 0 Å². The number of carbonyl (C=O) groups is 1. The minimum absolute atomic E-state index is 0.193. The first-order valence-electron chi connectivity index (χ1n) is 12.7. The van der Waals surface area contributed by atoms with Crippen LogP contribution in [0, 0.1) is 12.3 Å². The predicted molar refractivity (Wildman–Crippen MR) is 142 cm³/mol. The SMILES string of the molecule is C=CC/N=C\OCc1ccc([C@H](C)NC(=O)[C@@H]2C[C@@H](O)CN2C(O)[C@@H](c2cc(C)no2)C(C)(C)C)cc1. The first-order valence-corrected chi connectivity index (χ1v) is 12.7. The van der Waals surface area contributed by atoms with Crippen molar-refractivity contribution in [2.45, 2.75) is 78.0 Å². The molecule has 0 aliphatic carbocycles. The van der Waals surface area contributed by atoms with Crippen LogP contribution in [-0.2, 0) is 16.1 Å². The van der Waals surface area contributed by atoms with Gasteiger partial charge in [-0.15, -0.1) is 6.58 Å². The fraction of sp³-hybridized carbons (Fsp3) is 0.536. The number of aryl methyl sites for hydroxylation is 1. The highest BCUT2D eigenvalue weighted by Gasteiger charge is 2.46. The second-order valence-corrected chi connectivity index (χ2v) is 10.8. The van der Waals surface area contributed by atoms with Crippen LogP contribution < -0.4 is 5.32 Å². The van der Waals surface area contributed by atoms with Gasteiger partial charge in [0, 0.05) is 12.6 Å². The number of hydrogen-bond acceptors (Lipinski definition) is 8. The van der Waals surface area contributed by atoms with Gasteiger partial charge in [-0.3, -0.25) is 14.7 Å². The molecule has 9 heteroatoms. The molecular weight excluding hydrogens is 472 g/mol. The van der Waals surface area contributed by atoms with Crippen LogP contribution in [0.2, 0.25) is 0 Å². The molecule has 1 amide bonds. The number of rotatable bonds is 11. The van der Waals surface area contributed by atoms with Gasteiger partial charge in [0.1, 0.15) is 18.6 Å². The van der Waals surface area contributed by atoms with Crippen molar-refractivity contribution >= 4 is 12.3 Å². The fourth-order valence-corrected chi connectivity index (χ4v) is 4.73. The van der Waals surface area contributed by atoms with Crippen LogP contribution in [0.25, 0.3) is 0 Å². The summed E-state index contributed by atoms with van der Waals surface area (Å²) in [7, 11) is 0. The normalized spacial score (nSPS) is 21.1. The van der Waals surface area contributed by atoms with E-state index in [2.05, 4.69) is 22.0 Å². The van der Waals surface area contributed by atoms with Crippen molar-refractivity contribution < 1.29 is 24.3 Å². The molecule has 1 aromatic heterocycles. The maximum atomic E-state index is 13.3. The average Bonchev–Trinajstić information content (AvgIpc) is 3.43. The van der Waals surface area contributed by atoms with E-state index in [4.69, 9.17) is 9.26 Å². The number of carbonyl (C=O) groups excluding carboxylic acids is 1. The Labute approximate surface area is 219 Å². The maximum absolute atomic E-state index is 13.3. The predicted octanol–water partition coefficient (Wildman–Crippen LogP) is 3.47. The zero-order chi connectivity index (χ0) is 27.2. The summed E-state index contributed by atoms with van der Waals surface area (Å²) in [5.41, 5.74) is 2.26. The molecule has 202 valence electrons. The summed E-state index contributed by atoms with van der Waals surface area (Å²) in [6, 6.07) is 8.66. The largest absolute Gasteiger partial charge is 0.479 e. The third kappa shape index (κ3) is 7.50. The molecule has 2 aromatic rings. The molecule has 1 aromatic carbocycles. The van der Waals surface area contributed by atoms with Crippen molar-refractivity contribution in [3.63, 3.8) is 0 Å². The van der Waals surface area contributed by atoms with E-state index in [0.29, 0.717) is 18.9 Å². The van der Waals surface area contributed by atoms with Gasteiger partial charge >= 0.3 is 0 Å². The maximum Gasteiger partial charge on any atom is 0.238 e. The quantitative estimate of drug-likeness (QED) is 0.239. The smallest absolute Gasteiger partial charge is 0.238 e. The number of aliphatic hydroxyl groups is 2. The number of aromatic nitrogens is 1. The van der Waals surface area contributed by atoms with Gasteiger partial charge < -0.3 is 24.8 Å². The number of aliphatic imine (C=N–C) groups is 1. The van der Waals surface area contributed by atoms with Crippen molar-refractivity contribution in [3.05, 3.63) is 65.6 Å². The van der Waals surface area contributed by atoms with Gasteiger partial charge in [-0.1, -0.05) is 56.3 Å². The lowest BCUT2D eigenvalue weighted by Crippen LogP contribution is -2.51. The summed E-state index contributed by atoms with van der Waals surface area (Å²) >= 11 is 0. The van der Waals surface area contributed by atoms with Crippen molar-refractivity contribution in [2.24, 2.45) is 10.4 Å². The number of aliphatic hydroxyl groups excluding tert-OH is 2. The molecule has 9 nitrogen and oxygen atoms in total. The van der Waals surface area contributed by atoms with E-state index < -0.39 is 24.3 Å². The van der Waals surface area contributed by atoms with Gasteiger partial charge in [-0.2, -0.15) is 0 Å². The summed E-state index contributed by atoms with van der Waals surface area (Å²) in [6.07, 6.45) is 1.60. The summed E-state index contributed by atoms with van der Waals surface area (Å²) in [6.45, 7) is 14.5. The summed E-state index contributed by atoms with van der Waals surface area (Å²) < 4.78 is 10.9. The third-order valence-corrected chi connectivity index (χ3v) is 6.62. The fourth-order valence-electron chi connectivity index (χ4n) is 4.73. The number of nitrogens with one attached hydrogen (secondary N) is 1. The molecule has 1 aliphatic rings. The molecule has 3 rings (SSSR count). The Morgan fingerprint density at radius 2 is 2.08 bits per heavy atom. The summed E-state index contributed by atoms with van der Waals surface area (Å²) in [4.78, 5) is 19.0. The van der Waals surface area contributed by atoms with E-state index in [9.17, 15) is 15.0 Å². The second-order valence-electron chi connectivity index (χ2n) is 10.8. The van der Waals surface area contributed by atoms with E-state index in [0.717, 1.165) is 16.8 Å². The van der Waals surface area contributed by atoms with Crippen LogP contribution in [0.1, 0.15) is 68.7 Å². The third-order valence-electron chi connectivity index (χ3n) is 6.62. The molecule has 37 heavy (non-hydrogen) atoms. The number of likely N-dealkylation sites (tertiary alicyclic amines) is 1. The molecule has 0 radical (unpaired) electrons. The van der Waals surface area contributed by atoms with Crippen LogP contribution in [0.5, 0.6) is 0 Å².